The molecule has 1 unspecified atom stereocenters. The van der Waals surface area contributed by atoms with Gasteiger partial charge in [0, 0.05) is 23.4 Å². The maximum atomic E-state index is 13.0. The Morgan fingerprint density at radius 3 is 2.48 bits per heavy atom. The first-order chi connectivity index (χ1) is 15.8. The van der Waals surface area contributed by atoms with E-state index < -0.39 is 11.5 Å². The number of carbonyl (C=O) groups is 2. The molecule has 0 spiro atoms. The number of aromatic nitrogens is 1. The van der Waals surface area contributed by atoms with Crippen molar-refractivity contribution in [2.24, 2.45) is 0 Å². The van der Waals surface area contributed by atoms with Gasteiger partial charge in [-0.3, -0.25) is 14.4 Å². The second kappa shape index (κ2) is 8.94. The number of benzene rings is 2. The number of pyridine rings is 1. The van der Waals surface area contributed by atoms with Crippen LogP contribution in [0.25, 0.3) is 0 Å². The molecular weight excluding hydrogens is 420 g/mol. The van der Waals surface area contributed by atoms with E-state index in [0.717, 1.165) is 16.7 Å². The summed E-state index contributed by atoms with van der Waals surface area (Å²) in [7, 11) is 3.13. The molecular formula is C26H26N2O5. The Morgan fingerprint density at radius 1 is 1.00 bits per heavy atom. The van der Waals surface area contributed by atoms with Crippen LogP contribution < -0.4 is 20.3 Å². The third-order valence-electron chi connectivity index (χ3n) is 6.28. The summed E-state index contributed by atoms with van der Waals surface area (Å²) in [5, 5.41) is 2.79. The summed E-state index contributed by atoms with van der Waals surface area (Å²) in [5.74, 6) is 0.419. The number of H-pyrrole nitrogens is 1. The first kappa shape index (κ1) is 22.3. The van der Waals surface area contributed by atoms with Crippen LogP contribution in [0.1, 0.15) is 55.4 Å². The van der Waals surface area contributed by atoms with Crippen LogP contribution in [-0.4, -0.2) is 30.9 Å². The number of methoxy groups -OCH3 is 2. The van der Waals surface area contributed by atoms with Crippen LogP contribution in [0.15, 0.2) is 47.3 Å². The van der Waals surface area contributed by atoms with Crippen molar-refractivity contribution in [2.45, 2.75) is 32.6 Å². The fourth-order valence-electron chi connectivity index (χ4n) is 4.22. The zero-order valence-corrected chi connectivity index (χ0v) is 19.1. The number of aromatic amines is 1. The van der Waals surface area contributed by atoms with Gasteiger partial charge in [0.15, 0.2) is 17.3 Å². The molecule has 0 bridgehead atoms. The van der Waals surface area contributed by atoms with Gasteiger partial charge in [0.25, 0.3) is 11.5 Å². The first-order valence-electron chi connectivity index (χ1n) is 10.7. The Kier molecular flexibility index (Phi) is 6.05. The highest BCUT2D eigenvalue weighted by Gasteiger charge is 2.29. The molecule has 1 aliphatic rings. The lowest BCUT2D eigenvalue weighted by molar-refractivity contribution is 0.0963. The van der Waals surface area contributed by atoms with Gasteiger partial charge in [-0.05, 0) is 67.1 Å². The molecule has 0 saturated carbocycles. The quantitative estimate of drug-likeness (QED) is 0.613. The molecule has 1 aromatic heterocycles. The molecule has 4 rings (SSSR count). The summed E-state index contributed by atoms with van der Waals surface area (Å²) in [4.78, 5) is 41.3. The number of fused-ring (bicyclic) bond motifs is 1. The predicted molar refractivity (Wildman–Crippen MR) is 126 cm³/mol. The Labute approximate surface area is 191 Å². The van der Waals surface area contributed by atoms with E-state index in [2.05, 4.69) is 10.3 Å². The molecule has 1 aliphatic carbocycles. The highest BCUT2D eigenvalue weighted by Crippen LogP contribution is 2.36. The number of Topliss-reactive ketones (excluding diaryl/α,β-unsaturated/α-hetero) is 1. The van der Waals surface area contributed by atoms with Crippen LogP contribution in [-0.2, 0) is 6.42 Å². The van der Waals surface area contributed by atoms with E-state index in [1.807, 2.05) is 38.1 Å². The number of hydrogen-bond donors (Lipinski definition) is 2. The van der Waals surface area contributed by atoms with Gasteiger partial charge in [-0.25, -0.2) is 0 Å². The number of amides is 1. The summed E-state index contributed by atoms with van der Waals surface area (Å²) in [6.07, 6.45) is 0.747. The predicted octanol–water partition coefficient (Wildman–Crippen LogP) is 4.17. The lowest BCUT2D eigenvalue weighted by atomic mass is 9.81. The van der Waals surface area contributed by atoms with Crippen LogP contribution in [0.4, 0.5) is 5.69 Å². The summed E-state index contributed by atoms with van der Waals surface area (Å²) >= 11 is 0. The normalized spacial score (nSPS) is 15.0. The average Bonchev–Trinajstić information content (AvgIpc) is 2.80. The van der Waals surface area contributed by atoms with E-state index in [1.54, 1.807) is 26.4 Å². The van der Waals surface area contributed by atoms with Crippen molar-refractivity contribution in [2.75, 3.05) is 19.5 Å². The van der Waals surface area contributed by atoms with Crippen LogP contribution in [0.2, 0.25) is 0 Å². The number of aryl methyl sites for hydroxylation is 1. The molecule has 7 nitrogen and oxygen atoms in total. The maximum absolute atomic E-state index is 13.0. The zero-order valence-electron chi connectivity index (χ0n) is 19.1. The number of nitrogens with one attached hydrogen (secondary N) is 2. The lowest BCUT2D eigenvalue weighted by Gasteiger charge is -2.24. The Hall–Kier alpha value is -3.87. The number of hydrogen-bond acceptors (Lipinski definition) is 5. The highest BCUT2D eigenvalue weighted by atomic mass is 16.5. The minimum Gasteiger partial charge on any atom is -0.493 e. The molecule has 0 radical (unpaired) electrons. The van der Waals surface area contributed by atoms with Crippen molar-refractivity contribution in [1.29, 1.82) is 0 Å². The van der Waals surface area contributed by atoms with E-state index in [4.69, 9.17) is 9.47 Å². The summed E-state index contributed by atoms with van der Waals surface area (Å²) in [5.41, 5.74) is 3.85. The lowest BCUT2D eigenvalue weighted by Crippen LogP contribution is -2.29. The maximum Gasteiger partial charge on any atom is 0.261 e. The largest absolute Gasteiger partial charge is 0.493 e. The molecule has 1 atom stereocenters. The molecule has 0 aliphatic heterocycles. The summed E-state index contributed by atoms with van der Waals surface area (Å²) < 4.78 is 10.7. The molecule has 0 fully saturated rings. The van der Waals surface area contributed by atoms with E-state index in [0.29, 0.717) is 34.9 Å². The molecule has 1 amide bonds. The van der Waals surface area contributed by atoms with Crippen molar-refractivity contribution in [3.8, 4) is 11.5 Å². The molecule has 1 heterocycles. The van der Waals surface area contributed by atoms with Gasteiger partial charge in [0.2, 0.25) is 0 Å². The highest BCUT2D eigenvalue weighted by molar-refractivity contribution is 6.07. The van der Waals surface area contributed by atoms with Gasteiger partial charge in [0.05, 0.1) is 14.2 Å². The van der Waals surface area contributed by atoms with Gasteiger partial charge in [-0.2, -0.15) is 0 Å². The minimum atomic E-state index is -0.539. The van der Waals surface area contributed by atoms with Crippen molar-refractivity contribution < 1.29 is 19.1 Å². The minimum absolute atomic E-state index is 0.0763. The average molecular weight is 447 g/mol. The van der Waals surface area contributed by atoms with Gasteiger partial charge in [-0.1, -0.05) is 18.2 Å². The second-order valence-electron chi connectivity index (χ2n) is 8.25. The van der Waals surface area contributed by atoms with E-state index in [9.17, 15) is 14.4 Å². The fraction of sp³-hybridized carbons (Fsp3) is 0.269. The van der Waals surface area contributed by atoms with Crippen LogP contribution in [0, 0.1) is 13.8 Å². The Balaban J connectivity index is 1.62. The number of rotatable bonds is 5. The molecule has 7 heteroatoms. The fourth-order valence-corrected chi connectivity index (χ4v) is 4.22. The number of ether oxygens (including phenoxy) is 2. The van der Waals surface area contributed by atoms with Gasteiger partial charge in [-0.15, -0.1) is 0 Å². The van der Waals surface area contributed by atoms with E-state index >= 15 is 0 Å². The standard InChI is InChI=1S/C26H26N2O5/c1-14-6-5-7-20(15(14)2)27-25(30)19-13-18-21(28-26(19)31)10-17(11-22(18)29)16-8-9-23(32-3)24(12-16)33-4/h5-9,12-13,17H,10-11H2,1-4H3,(H,27,30)(H,28,31). The third kappa shape index (κ3) is 4.26. The van der Waals surface area contributed by atoms with E-state index in [-0.39, 0.29) is 23.7 Å². The van der Waals surface area contributed by atoms with Crippen molar-refractivity contribution in [1.82, 2.24) is 4.98 Å². The third-order valence-corrected chi connectivity index (χ3v) is 6.28. The van der Waals surface area contributed by atoms with Crippen molar-refractivity contribution in [3.05, 3.63) is 86.3 Å². The number of anilines is 1. The molecule has 2 aromatic carbocycles. The molecule has 3 aromatic rings. The molecule has 0 saturated heterocycles. The van der Waals surface area contributed by atoms with Crippen molar-refractivity contribution >= 4 is 17.4 Å². The monoisotopic (exact) mass is 446 g/mol. The topological polar surface area (TPSA) is 97.5 Å². The molecule has 2 N–H and O–H groups in total. The first-order valence-corrected chi connectivity index (χ1v) is 10.7. The smallest absolute Gasteiger partial charge is 0.261 e. The molecule has 170 valence electrons. The van der Waals surface area contributed by atoms with Gasteiger partial charge < -0.3 is 19.8 Å². The summed E-state index contributed by atoms with van der Waals surface area (Å²) in [6, 6.07) is 12.5. The SMILES string of the molecule is COc1ccc(C2CC(=O)c3cc(C(=O)Nc4cccc(C)c4C)c(=O)[nH]c3C2)cc1OC. The van der Waals surface area contributed by atoms with Crippen LogP contribution in [0.5, 0.6) is 11.5 Å². The molecule has 33 heavy (non-hydrogen) atoms. The second-order valence-corrected chi connectivity index (χ2v) is 8.25. The zero-order chi connectivity index (χ0) is 23.7. The van der Waals surface area contributed by atoms with Gasteiger partial charge in [0.1, 0.15) is 5.56 Å². The van der Waals surface area contributed by atoms with Crippen LogP contribution in [0.3, 0.4) is 0 Å². The van der Waals surface area contributed by atoms with E-state index in [1.165, 1.54) is 6.07 Å². The Bertz CT molecular complexity index is 1310. The Morgan fingerprint density at radius 2 is 1.76 bits per heavy atom. The number of carbonyl (C=O) groups excluding carboxylic acids is 2. The summed E-state index contributed by atoms with van der Waals surface area (Å²) in [6.45, 7) is 3.85. The van der Waals surface area contributed by atoms with Crippen LogP contribution >= 0.6 is 0 Å². The van der Waals surface area contributed by atoms with Crippen molar-refractivity contribution in [3.63, 3.8) is 0 Å². The number of ketones is 1. The van der Waals surface area contributed by atoms with Gasteiger partial charge >= 0.3 is 0 Å².